The largest absolute Gasteiger partial charge is 0.494 e. The van der Waals surface area contributed by atoms with Crippen LogP contribution in [0.25, 0.3) is 22.3 Å². The third kappa shape index (κ3) is 6.35. The Balaban J connectivity index is 1.65. The van der Waals surface area contributed by atoms with Crippen LogP contribution in [0.3, 0.4) is 0 Å². The summed E-state index contributed by atoms with van der Waals surface area (Å²) in [4.78, 5) is 30.4. The molecule has 0 bridgehead atoms. The summed E-state index contributed by atoms with van der Waals surface area (Å²) in [5.41, 5.74) is 4.60. The number of hydrogen-bond acceptors (Lipinski definition) is 8. The Bertz CT molecular complexity index is 1460. The minimum absolute atomic E-state index is 0.299. The fourth-order valence-electron chi connectivity index (χ4n) is 4.38. The molecule has 0 saturated heterocycles. The monoisotopic (exact) mass is 528 g/mol. The summed E-state index contributed by atoms with van der Waals surface area (Å²) in [6.45, 7) is 11.5. The summed E-state index contributed by atoms with van der Waals surface area (Å²) >= 11 is 0. The molecule has 10 heteroatoms. The molecule has 10 nitrogen and oxygen atoms in total. The Morgan fingerprint density at radius 3 is 2.64 bits per heavy atom. The molecule has 3 aromatic heterocycles. The normalized spacial score (nSPS) is 11.0. The maximum absolute atomic E-state index is 12.3. The van der Waals surface area contributed by atoms with Crippen LogP contribution in [0.15, 0.2) is 61.6 Å². The van der Waals surface area contributed by atoms with E-state index in [1.807, 2.05) is 49.1 Å². The number of nitrogens with zero attached hydrogens (tertiary/aromatic N) is 6. The lowest BCUT2D eigenvalue weighted by Crippen LogP contribution is -2.33. The molecule has 0 aliphatic rings. The van der Waals surface area contributed by atoms with E-state index in [0.717, 1.165) is 54.2 Å². The van der Waals surface area contributed by atoms with E-state index in [9.17, 15) is 4.79 Å². The summed E-state index contributed by atoms with van der Waals surface area (Å²) in [6, 6.07) is 9.66. The Labute approximate surface area is 229 Å². The molecule has 0 aliphatic carbocycles. The second-order valence-electron chi connectivity index (χ2n) is 9.17. The SMILES string of the molecule is C=CC(=O)Nc1cc(Nc2nccc(-c3cnc4c(ccn4C)c3)n2)c(OC)cc1N(C)CCN(CC)CC. The van der Waals surface area contributed by atoms with E-state index in [1.54, 1.807) is 19.5 Å². The summed E-state index contributed by atoms with van der Waals surface area (Å²) in [5, 5.41) is 7.23. The first kappa shape index (κ1) is 27.6. The van der Waals surface area contributed by atoms with Crippen molar-refractivity contribution >= 4 is 40.0 Å². The fraction of sp³-hybridized carbons (Fsp3) is 0.310. The fourth-order valence-corrected chi connectivity index (χ4v) is 4.38. The van der Waals surface area contributed by atoms with Gasteiger partial charge < -0.3 is 29.7 Å². The molecule has 0 fully saturated rings. The molecule has 0 radical (unpaired) electrons. The molecule has 0 spiro atoms. The number of hydrogen-bond donors (Lipinski definition) is 2. The second kappa shape index (κ2) is 12.4. The number of carbonyl (C=O) groups is 1. The van der Waals surface area contributed by atoms with Crippen LogP contribution in [0.5, 0.6) is 5.75 Å². The summed E-state index contributed by atoms with van der Waals surface area (Å²) in [6.07, 6.45) is 6.73. The number of carbonyl (C=O) groups excluding carboxylic acids is 1. The molecule has 1 aromatic carbocycles. The molecule has 39 heavy (non-hydrogen) atoms. The number of pyridine rings is 1. The van der Waals surface area contributed by atoms with E-state index < -0.39 is 0 Å². The Kier molecular flexibility index (Phi) is 8.77. The van der Waals surface area contributed by atoms with Gasteiger partial charge in [-0.15, -0.1) is 0 Å². The van der Waals surface area contributed by atoms with E-state index in [1.165, 1.54) is 6.08 Å². The number of benzene rings is 1. The Morgan fingerprint density at radius 1 is 1.13 bits per heavy atom. The van der Waals surface area contributed by atoms with Crippen LogP contribution in [-0.4, -0.2) is 70.7 Å². The number of fused-ring (bicyclic) bond motifs is 1. The highest BCUT2D eigenvalue weighted by Gasteiger charge is 2.17. The maximum atomic E-state index is 12.3. The van der Waals surface area contributed by atoms with Crippen molar-refractivity contribution in [2.45, 2.75) is 13.8 Å². The van der Waals surface area contributed by atoms with Crippen LogP contribution in [0, 0.1) is 0 Å². The van der Waals surface area contributed by atoms with Gasteiger partial charge in [-0.2, -0.15) is 0 Å². The van der Waals surface area contributed by atoms with Crippen LogP contribution >= 0.6 is 0 Å². The van der Waals surface area contributed by atoms with Crippen molar-refractivity contribution in [2.24, 2.45) is 7.05 Å². The lowest BCUT2D eigenvalue weighted by atomic mass is 10.1. The van der Waals surface area contributed by atoms with Gasteiger partial charge in [0.1, 0.15) is 11.4 Å². The molecule has 4 rings (SSSR count). The third-order valence-corrected chi connectivity index (χ3v) is 6.72. The van der Waals surface area contributed by atoms with E-state index in [-0.39, 0.29) is 5.91 Å². The molecule has 0 atom stereocenters. The molecular weight excluding hydrogens is 492 g/mol. The van der Waals surface area contributed by atoms with Crippen LogP contribution in [0.2, 0.25) is 0 Å². The predicted octanol–water partition coefficient (Wildman–Crippen LogP) is 4.69. The van der Waals surface area contributed by atoms with Crippen molar-refractivity contribution in [1.29, 1.82) is 0 Å². The van der Waals surface area contributed by atoms with E-state index in [2.05, 4.69) is 56.9 Å². The average molecular weight is 529 g/mol. The lowest BCUT2D eigenvalue weighted by Gasteiger charge is -2.27. The Hall–Kier alpha value is -4.44. The highest BCUT2D eigenvalue weighted by molar-refractivity contribution is 6.02. The van der Waals surface area contributed by atoms with E-state index in [0.29, 0.717) is 23.1 Å². The predicted molar refractivity (Wildman–Crippen MR) is 158 cm³/mol. The van der Waals surface area contributed by atoms with Crippen molar-refractivity contribution < 1.29 is 9.53 Å². The lowest BCUT2D eigenvalue weighted by molar-refractivity contribution is -0.111. The number of rotatable bonds is 12. The zero-order chi connectivity index (χ0) is 27.9. The van der Waals surface area contributed by atoms with E-state index in [4.69, 9.17) is 9.72 Å². The van der Waals surface area contributed by atoms with Gasteiger partial charge in [0, 0.05) is 62.8 Å². The standard InChI is InChI=1S/C29H36N8O2/c1-7-27(38)32-23-17-24(26(39-6)18-25(23)35(4)14-15-37(8-2)9-3)34-29-30-12-10-22(33-29)21-16-20-11-13-36(5)28(20)31-19-21/h7,10-13,16-19H,1,8-9,14-15H2,2-6H3,(H,32,38)(H,30,33,34). The molecule has 1 amide bonds. The van der Waals surface area contributed by atoms with Gasteiger partial charge >= 0.3 is 0 Å². The number of aryl methyl sites for hydroxylation is 1. The summed E-state index contributed by atoms with van der Waals surface area (Å²) in [5.74, 6) is 0.687. The van der Waals surface area contributed by atoms with Gasteiger partial charge in [0.15, 0.2) is 0 Å². The minimum Gasteiger partial charge on any atom is -0.494 e. The number of aromatic nitrogens is 4. The highest BCUT2D eigenvalue weighted by Crippen LogP contribution is 2.38. The number of nitrogens with one attached hydrogen (secondary N) is 2. The van der Waals surface area contributed by atoms with Gasteiger partial charge in [-0.25, -0.2) is 15.0 Å². The quantitative estimate of drug-likeness (QED) is 0.256. The van der Waals surface area contributed by atoms with Crippen LogP contribution in [0.4, 0.5) is 23.0 Å². The van der Waals surface area contributed by atoms with Crippen molar-refractivity contribution in [1.82, 2.24) is 24.4 Å². The van der Waals surface area contributed by atoms with Crippen molar-refractivity contribution in [3.05, 3.63) is 61.6 Å². The topological polar surface area (TPSA) is 100 Å². The highest BCUT2D eigenvalue weighted by atomic mass is 16.5. The van der Waals surface area contributed by atoms with Gasteiger partial charge in [0.25, 0.3) is 0 Å². The zero-order valence-corrected chi connectivity index (χ0v) is 23.2. The average Bonchev–Trinajstić information content (AvgIpc) is 3.33. The molecule has 0 aliphatic heterocycles. The number of likely N-dealkylation sites (N-methyl/N-ethyl adjacent to an activating group) is 2. The summed E-state index contributed by atoms with van der Waals surface area (Å²) in [7, 11) is 5.58. The van der Waals surface area contributed by atoms with Gasteiger partial charge in [0.2, 0.25) is 11.9 Å². The maximum Gasteiger partial charge on any atom is 0.247 e. The van der Waals surface area contributed by atoms with Crippen molar-refractivity contribution in [3.63, 3.8) is 0 Å². The number of methoxy groups -OCH3 is 1. The zero-order valence-electron chi connectivity index (χ0n) is 23.2. The first-order valence-electron chi connectivity index (χ1n) is 13.0. The summed E-state index contributed by atoms with van der Waals surface area (Å²) < 4.78 is 7.71. The van der Waals surface area contributed by atoms with Crippen LogP contribution in [-0.2, 0) is 11.8 Å². The van der Waals surface area contributed by atoms with Crippen LogP contribution < -0.4 is 20.3 Å². The Morgan fingerprint density at radius 2 is 1.92 bits per heavy atom. The molecule has 3 heterocycles. The third-order valence-electron chi connectivity index (χ3n) is 6.72. The second-order valence-corrected chi connectivity index (χ2v) is 9.17. The smallest absolute Gasteiger partial charge is 0.247 e. The molecule has 0 saturated carbocycles. The van der Waals surface area contributed by atoms with Crippen molar-refractivity contribution in [3.8, 4) is 17.0 Å². The van der Waals surface area contributed by atoms with Gasteiger partial charge in [0.05, 0.1) is 29.9 Å². The molecule has 2 N–H and O–H groups in total. The molecule has 204 valence electrons. The molecular formula is C29H36N8O2. The van der Waals surface area contributed by atoms with Gasteiger partial charge in [-0.1, -0.05) is 20.4 Å². The number of amides is 1. The van der Waals surface area contributed by atoms with Crippen molar-refractivity contribution in [2.75, 3.05) is 55.9 Å². The number of anilines is 4. The minimum atomic E-state index is -0.299. The van der Waals surface area contributed by atoms with Crippen LogP contribution in [0.1, 0.15) is 13.8 Å². The van der Waals surface area contributed by atoms with Gasteiger partial charge in [-0.05, 0) is 43.4 Å². The molecule has 0 unspecified atom stereocenters. The first-order valence-corrected chi connectivity index (χ1v) is 13.0. The van der Waals surface area contributed by atoms with Gasteiger partial charge in [-0.3, -0.25) is 4.79 Å². The first-order chi connectivity index (χ1) is 18.9. The number of ether oxygens (including phenoxy) is 1. The molecule has 4 aromatic rings. The van der Waals surface area contributed by atoms with E-state index >= 15 is 0 Å².